The molecular formula is C27H30N2O4S. The number of hydrogen-bond donors (Lipinski definition) is 1. The third-order valence-electron chi connectivity index (χ3n) is 5.81. The first-order valence-electron chi connectivity index (χ1n) is 11.2. The molecule has 1 aliphatic rings. The summed E-state index contributed by atoms with van der Waals surface area (Å²) in [5.74, 6) is -0.0388. The Balaban J connectivity index is 1.74. The monoisotopic (exact) mass is 478 g/mol. The summed E-state index contributed by atoms with van der Waals surface area (Å²) in [6, 6.07) is 19.5. The normalized spacial score (nSPS) is 15.9. The van der Waals surface area contributed by atoms with Crippen LogP contribution in [-0.4, -0.2) is 27.0 Å². The Labute approximate surface area is 201 Å². The van der Waals surface area contributed by atoms with Gasteiger partial charge in [-0.3, -0.25) is 9.10 Å². The molecule has 0 bridgehead atoms. The Morgan fingerprint density at radius 2 is 1.62 bits per heavy atom. The van der Waals surface area contributed by atoms with E-state index in [9.17, 15) is 13.2 Å². The van der Waals surface area contributed by atoms with Crippen LogP contribution in [0.3, 0.4) is 0 Å². The molecule has 34 heavy (non-hydrogen) atoms. The summed E-state index contributed by atoms with van der Waals surface area (Å²) in [6.45, 7) is 9.97. The van der Waals surface area contributed by atoms with Gasteiger partial charge in [-0.2, -0.15) is 0 Å². The fourth-order valence-corrected chi connectivity index (χ4v) is 5.56. The highest BCUT2D eigenvalue weighted by atomic mass is 32.2. The van der Waals surface area contributed by atoms with Gasteiger partial charge in [0, 0.05) is 5.69 Å². The lowest BCUT2D eigenvalue weighted by Crippen LogP contribution is -2.49. The minimum absolute atomic E-state index is 0.131. The first-order chi connectivity index (χ1) is 15.9. The van der Waals surface area contributed by atoms with E-state index in [1.54, 1.807) is 36.4 Å². The van der Waals surface area contributed by atoms with E-state index in [4.69, 9.17) is 4.74 Å². The zero-order valence-electron chi connectivity index (χ0n) is 20.1. The van der Waals surface area contributed by atoms with Gasteiger partial charge >= 0.3 is 0 Å². The van der Waals surface area contributed by atoms with E-state index in [1.165, 1.54) is 4.31 Å². The number of rotatable bonds is 4. The van der Waals surface area contributed by atoms with Crippen LogP contribution < -0.4 is 14.4 Å². The Bertz CT molecular complexity index is 1310. The van der Waals surface area contributed by atoms with Crippen LogP contribution in [0, 0.1) is 13.8 Å². The predicted octanol–water partition coefficient (Wildman–Crippen LogP) is 5.20. The van der Waals surface area contributed by atoms with Gasteiger partial charge in [-0.25, -0.2) is 8.42 Å². The minimum atomic E-state index is -3.92. The van der Waals surface area contributed by atoms with Gasteiger partial charge in [-0.15, -0.1) is 0 Å². The predicted molar refractivity (Wildman–Crippen MR) is 135 cm³/mol. The molecule has 4 rings (SSSR count). The number of sulfonamides is 1. The molecule has 3 aromatic carbocycles. The number of anilines is 2. The van der Waals surface area contributed by atoms with Gasteiger partial charge in [0.05, 0.1) is 17.1 Å². The van der Waals surface area contributed by atoms with Crippen molar-refractivity contribution in [3.05, 3.63) is 83.4 Å². The zero-order chi connectivity index (χ0) is 24.7. The maximum Gasteiger partial charge on any atom is 0.267 e. The van der Waals surface area contributed by atoms with Crippen molar-refractivity contribution >= 4 is 27.3 Å². The number of carbonyl (C=O) groups excluding carboxylic acids is 1. The number of aryl methyl sites for hydroxylation is 2. The first-order valence-corrected chi connectivity index (χ1v) is 12.7. The average Bonchev–Trinajstić information content (AvgIpc) is 2.77. The molecule has 0 aromatic heterocycles. The van der Waals surface area contributed by atoms with Crippen LogP contribution >= 0.6 is 0 Å². The molecule has 1 N–H and O–H groups in total. The fraction of sp³-hybridized carbons (Fsp3) is 0.296. The second-order valence-electron chi connectivity index (χ2n) is 9.75. The number of benzene rings is 3. The molecule has 6 nitrogen and oxygen atoms in total. The van der Waals surface area contributed by atoms with Crippen LogP contribution in [0.15, 0.2) is 71.6 Å². The number of hydrogen-bond acceptors (Lipinski definition) is 4. The smallest absolute Gasteiger partial charge is 0.267 e. The molecular weight excluding hydrogens is 448 g/mol. The average molecular weight is 479 g/mol. The topological polar surface area (TPSA) is 75.7 Å². The van der Waals surface area contributed by atoms with Crippen molar-refractivity contribution in [2.24, 2.45) is 0 Å². The molecule has 0 radical (unpaired) electrons. The summed E-state index contributed by atoms with van der Waals surface area (Å²) in [5, 5.41) is 2.89. The van der Waals surface area contributed by atoms with Crippen LogP contribution in [0.1, 0.15) is 37.5 Å². The highest BCUT2D eigenvalue weighted by Crippen LogP contribution is 2.40. The third-order valence-corrected chi connectivity index (χ3v) is 7.60. The molecule has 3 aromatic rings. The maximum atomic E-state index is 13.7. The lowest BCUT2D eigenvalue weighted by atomic mass is 9.86. The van der Waals surface area contributed by atoms with Crippen LogP contribution in [0.25, 0.3) is 0 Å². The van der Waals surface area contributed by atoms with Crippen molar-refractivity contribution in [2.45, 2.75) is 51.0 Å². The molecule has 7 heteroatoms. The highest BCUT2D eigenvalue weighted by molar-refractivity contribution is 7.92. The molecule has 1 atom stereocenters. The molecule has 178 valence electrons. The molecule has 0 saturated carbocycles. The van der Waals surface area contributed by atoms with Gasteiger partial charge in [0.1, 0.15) is 5.75 Å². The van der Waals surface area contributed by atoms with E-state index >= 15 is 0 Å². The van der Waals surface area contributed by atoms with E-state index < -0.39 is 22.0 Å². The number of nitrogens with zero attached hydrogens (tertiary/aromatic N) is 1. The van der Waals surface area contributed by atoms with Gasteiger partial charge in [0.2, 0.25) is 0 Å². The number of amides is 1. The largest absolute Gasteiger partial charge is 0.476 e. The number of nitrogens with one attached hydrogen (secondary N) is 1. The number of fused-ring (bicyclic) bond motifs is 1. The van der Waals surface area contributed by atoms with E-state index in [0.29, 0.717) is 17.1 Å². The minimum Gasteiger partial charge on any atom is -0.476 e. The lowest BCUT2D eigenvalue weighted by Gasteiger charge is -2.36. The summed E-state index contributed by atoms with van der Waals surface area (Å²) in [5.41, 5.74) is 3.92. The Hall–Kier alpha value is -3.32. The summed E-state index contributed by atoms with van der Waals surface area (Å²) in [7, 11) is -3.92. The van der Waals surface area contributed by atoms with Gasteiger partial charge in [-0.05, 0) is 72.4 Å². The Kier molecular flexibility index (Phi) is 6.16. The molecule has 1 heterocycles. The Morgan fingerprint density at radius 3 is 2.24 bits per heavy atom. The maximum absolute atomic E-state index is 13.7. The number of carbonyl (C=O) groups is 1. The van der Waals surface area contributed by atoms with Gasteiger partial charge in [0.25, 0.3) is 15.9 Å². The lowest BCUT2D eigenvalue weighted by molar-refractivity contribution is -0.122. The molecule has 0 saturated heterocycles. The third kappa shape index (κ3) is 4.80. The summed E-state index contributed by atoms with van der Waals surface area (Å²) < 4.78 is 34.7. The quantitative estimate of drug-likeness (QED) is 0.560. The SMILES string of the molecule is Cc1cc(C)cc(NC(=O)[C@@H]2CN(S(=O)(=O)c3ccccc3)c3cc(C(C)(C)C)ccc3O2)c1. The van der Waals surface area contributed by atoms with Crippen molar-refractivity contribution < 1.29 is 17.9 Å². The summed E-state index contributed by atoms with van der Waals surface area (Å²) in [6.07, 6.45) is -1.01. The molecule has 0 aliphatic carbocycles. The van der Waals surface area contributed by atoms with Gasteiger partial charge in [0.15, 0.2) is 6.10 Å². The van der Waals surface area contributed by atoms with E-state index in [0.717, 1.165) is 16.7 Å². The highest BCUT2D eigenvalue weighted by Gasteiger charge is 2.38. The van der Waals surface area contributed by atoms with Crippen LogP contribution in [0.5, 0.6) is 5.75 Å². The molecule has 0 unspecified atom stereocenters. The van der Waals surface area contributed by atoms with Crippen molar-refractivity contribution in [3.63, 3.8) is 0 Å². The first kappa shape index (κ1) is 23.8. The summed E-state index contributed by atoms with van der Waals surface area (Å²) in [4.78, 5) is 13.3. The standard InChI is InChI=1S/C27H30N2O4S/c1-18-13-19(2)15-21(14-18)28-26(30)25-17-29(34(31,32)22-9-7-6-8-10-22)23-16-20(27(3,4)5)11-12-24(23)33-25/h6-16,25H,17H2,1-5H3,(H,28,30)/t25-/m0/s1. The second-order valence-corrected chi connectivity index (χ2v) is 11.6. The summed E-state index contributed by atoms with van der Waals surface area (Å²) >= 11 is 0. The second kappa shape index (κ2) is 8.80. The molecule has 0 spiro atoms. The van der Waals surface area contributed by atoms with Crippen LogP contribution in [-0.2, 0) is 20.2 Å². The van der Waals surface area contributed by atoms with Crippen molar-refractivity contribution in [2.75, 3.05) is 16.2 Å². The molecule has 1 aliphatic heterocycles. The Morgan fingerprint density at radius 1 is 0.971 bits per heavy atom. The van der Waals surface area contributed by atoms with Crippen LogP contribution in [0.2, 0.25) is 0 Å². The van der Waals surface area contributed by atoms with Crippen LogP contribution in [0.4, 0.5) is 11.4 Å². The van der Waals surface area contributed by atoms with Crippen molar-refractivity contribution in [1.82, 2.24) is 0 Å². The van der Waals surface area contributed by atoms with E-state index in [1.807, 2.05) is 44.2 Å². The van der Waals surface area contributed by atoms with Crippen molar-refractivity contribution in [3.8, 4) is 5.75 Å². The van der Waals surface area contributed by atoms with Crippen molar-refractivity contribution in [1.29, 1.82) is 0 Å². The number of ether oxygens (including phenoxy) is 1. The van der Waals surface area contributed by atoms with E-state index in [-0.39, 0.29) is 16.9 Å². The van der Waals surface area contributed by atoms with Gasteiger partial charge in [-0.1, -0.05) is 51.1 Å². The fourth-order valence-electron chi connectivity index (χ4n) is 4.07. The zero-order valence-corrected chi connectivity index (χ0v) is 20.9. The van der Waals surface area contributed by atoms with E-state index in [2.05, 4.69) is 26.1 Å². The molecule has 0 fully saturated rings. The molecule has 1 amide bonds. The van der Waals surface area contributed by atoms with Gasteiger partial charge < -0.3 is 10.1 Å².